The van der Waals surface area contributed by atoms with Gasteiger partial charge in [-0.25, -0.2) is 0 Å². The van der Waals surface area contributed by atoms with Crippen molar-refractivity contribution in [3.63, 3.8) is 0 Å². The highest BCUT2D eigenvalue weighted by Crippen LogP contribution is 2.31. The van der Waals surface area contributed by atoms with Gasteiger partial charge >= 0.3 is 5.97 Å². The third kappa shape index (κ3) is 4.27. The molecule has 0 fully saturated rings. The Morgan fingerprint density at radius 1 is 1.31 bits per heavy atom. The highest BCUT2D eigenvalue weighted by atomic mass is 32.2. The molecule has 0 N–H and O–H groups in total. The first kappa shape index (κ1) is 13.1. The molecule has 0 saturated heterocycles. The largest absolute Gasteiger partial charge is 0.466 e. The van der Waals surface area contributed by atoms with Crippen LogP contribution >= 0.6 is 11.8 Å². The summed E-state index contributed by atoms with van der Waals surface area (Å²) >= 11 is 1.78. The zero-order chi connectivity index (χ0) is 11.8. The number of benzene rings is 1. The van der Waals surface area contributed by atoms with E-state index >= 15 is 0 Å². The van der Waals surface area contributed by atoms with E-state index in [1.807, 2.05) is 25.1 Å². The Morgan fingerprint density at radius 2 is 2.00 bits per heavy atom. The average molecular weight is 238 g/mol. The molecular formula is C13H18O2S. The third-order valence-electron chi connectivity index (χ3n) is 2.20. The van der Waals surface area contributed by atoms with Gasteiger partial charge < -0.3 is 4.74 Å². The molecule has 0 amide bonds. The van der Waals surface area contributed by atoms with Crippen LogP contribution in [0.5, 0.6) is 0 Å². The van der Waals surface area contributed by atoms with Crippen molar-refractivity contribution in [3.05, 3.63) is 35.9 Å². The van der Waals surface area contributed by atoms with Crippen molar-refractivity contribution < 1.29 is 9.53 Å². The normalized spacial score (nSPS) is 12.1. The smallest absolute Gasteiger partial charge is 0.307 e. The lowest BCUT2D eigenvalue weighted by molar-refractivity contribution is -0.143. The van der Waals surface area contributed by atoms with Gasteiger partial charge in [-0.15, -0.1) is 0 Å². The van der Waals surface area contributed by atoms with Crippen molar-refractivity contribution in [2.75, 3.05) is 12.4 Å². The second-order valence-electron chi connectivity index (χ2n) is 3.36. The molecule has 0 bridgehead atoms. The maximum absolute atomic E-state index is 11.5. The molecule has 1 atom stereocenters. The van der Waals surface area contributed by atoms with Crippen molar-refractivity contribution in [3.8, 4) is 0 Å². The first-order valence-corrected chi connectivity index (χ1v) is 6.65. The SMILES string of the molecule is CCOC(=O)CC(SCC)c1ccccc1. The first-order chi connectivity index (χ1) is 7.77. The zero-order valence-electron chi connectivity index (χ0n) is 9.81. The third-order valence-corrected chi connectivity index (χ3v) is 3.37. The fourth-order valence-corrected chi connectivity index (χ4v) is 2.52. The molecule has 0 aliphatic carbocycles. The van der Waals surface area contributed by atoms with E-state index in [2.05, 4.69) is 19.1 Å². The molecule has 0 aliphatic rings. The van der Waals surface area contributed by atoms with E-state index in [9.17, 15) is 4.79 Å². The summed E-state index contributed by atoms with van der Waals surface area (Å²) < 4.78 is 4.99. The number of hydrogen-bond donors (Lipinski definition) is 0. The molecular weight excluding hydrogens is 220 g/mol. The molecule has 0 aromatic heterocycles. The Labute approximate surface area is 101 Å². The van der Waals surface area contributed by atoms with Gasteiger partial charge in [0.2, 0.25) is 0 Å². The molecule has 0 heterocycles. The lowest BCUT2D eigenvalue weighted by Crippen LogP contribution is -2.08. The second kappa shape index (κ2) is 7.34. The van der Waals surface area contributed by atoms with Crippen LogP contribution in [0.2, 0.25) is 0 Å². The fraction of sp³-hybridized carbons (Fsp3) is 0.462. The standard InChI is InChI=1S/C13H18O2S/c1-3-15-13(14)10-12(16-4-2)11-8-6-5-7-9-11/h5-9,12H,3-4,10H2,1-2H3. The predicted octanol–water partition coefficient (Wildman–Crippen LogP) is 3.43. The van der Waals surface area contributed by atoms with Crippen LogP contribution in [0, 0.1) is 0 Å². The Balaban J connectivity index is 2.64. The van der Waals surface area contributed by atoms with Crippen LogP contribution < -0.4 is 0 Å². The molecule has 0 saturated carbocycles. The van der Waals surface area contributed by atoms with Gasteiger partial charge in [0.15, 0.2) is 0 Å². The Morgan fingerprint density at radius 3 is 2.56 bits per heavy atom. The molecule has 3 heteroatoms. The van der Waals surface area contributed by atoms with Gasteiger partial charge in [0.1, 0.15) is 0 Å². The molecule has 1 aromatic rings. The van der Waals surface area contributed by atoms with E-state index in [0.29, 0.717) is 13.0 Å². The minimum atomic E-state index is -0.114. The number of hydrogen-bond acceptors (Lipinski definition) is 3. The topological polar surface area (TPSA) is 26.3 Å². The van der Waals surface area contributed by atoms with Gasteiger partial charge in [-0.05, 0) is 18.2 Å². The summed E-state index contributed by atoms with van der Waals surface area (Å²) in [6.07, 6.45) is 0.455. The van der Waals surface area contributed by atoms with Crippen molar-refractivity contribution in [2.24, 2.45) is 0 Å². The molecule has 0 radical (unpaired) electrons. The second-order valence-corrected chi connectivity index (χ2v) is 4.84. The van der Waals surface area contributed by atoms with E-state index in [0.717, 1.165) is 5.75 Å². The van der Waals surface area contributed by atoms with Crippen molar-refractivity contribution in [2.45, 2.75) is 25.5 Å². The molecule has 0 spiro atoms. The summed E-state index contributed by atoms with van der Waals surface area (Å²) in [5.41, 5.74) is 1.20. The van der Waals surface area contributed by atoms with Gasteiger partial charge in [0, 0.05) is 5.25 Å². The summed E-state index contributed by atoms with van der Waals surface area (Å²) in [4.78, 5) is 11.5. The Kier molecular flexibility index (Phi) is 6.01. The monoisotopic (exact) mass is 238 g/mol. The lowest BCUT2D eigenvalue weighted by Gasteiger charge is -2.15. The van der Waals surface area contributed by atoms with E-state index in [-0.39, 0.29) is 11.2 Å². The molecule has 88 valence electrons. The molecule has 1 rings (SSSR count). The number of thioether (sulfide) groups is 1. The van der Waals surface area contributed by atoms with Crippen molar-refractivity contribution >= 4 is 17.7 Å². The summed E-state index contributed by atoms with van der Waals surface area (Å²) in [5, 5.41) is 0.213. The number of esters is 1. The summed E-state index contributed by atoms with van der Waals surface area (Å²) in [7, 11) is 0. The van der Waals surface area contributed by atoms with Crippen LogP contribution in [0.4, 0.5) is 0 Å². The minimum Gasteiger partial charge on any atom is -0.466 e. The Hall–Kier alpha value is -0.960. The lowest BCUT2D eigenvalue weighted by atomic mass is 10.1. The number of rotatable bonds is 6. The summed E-state index contributed by atoms with van der Waals surface area (Å²) in [6, 6.07) is 10.1. The van der Waals surface area contributed by atoms with Gasteiger partial charge in [0.25, 0.3) is 0 Å². The first-order valence-electron chi connectivity index (χ1n) is 5.60. The molecule has 2 nitrogen and oxygen atoms in total. The van der Waals surface area contributed by atoms with Crippen LogP contribution in [0.1, 0.15) is 31.1 Å². The van der Waals surface area contributed by atoms with Crippen LogP contribution in [0.25, 0.3) is 0 Å². The van der Waals surface area contributed by atoms with Crippen molar-refractivity contribution in [1.82, 2.24) is 0 Å². The van der Waals surface area contributed by atoms with Crippen LogP contribution in [-0.2, 0) is 9.53 Å². The fourth-order valence-electron chi connectivity index (χ4n) is 1.51. The number of ether oxygens (including phenoxy) is 1. The van der Waals surface area contributed by atoms with E-state index in [1.54, 1.807) is 11.8 Å². The average Bonchev–Trinajstić information content (AvgIpc) is 2.30. The molecule has 1 unspecified atom stereocenters. The molecule has 0 aliphatic heterocycles. The summed E-state index contributed by atoms with van der Waals surface area (Å²) in [6.45, 7) is 4.39. The highest BCUT2D eigenvalue weighted by Gasteiger charge is 2.16. The van der Waals surface area contributed by atoms with Crippen LogP contribution in [0.15, 0.2) is 30.3 Å². The zero-order valence-corrected chi connectivity index (χ0v) is 10.6. The van der Waals surface area contributed by atoms with E-state index in [1.165, 1.54) is 5.56 Å². The number of carbonyl (C=O) groups is 1. The quantitative estimate of drug-likeness (QED) is 0.710. The minimum absolute atomic E-state index is 0.114. The van der Waals surface area contributed by atoms with Crippen LogP contribution in [0.3, 0.4) is 0 Å². The summed E-state index contributed by atoms with van der Waals surface area (Å²) in [5.74, 6) is 0.885. The van der Waals surface area contributed by atoms with Gasteiger partial charge in [0.05, 0.1) is 13.0 Å². The number of carbonyl (C=O) groups excluding carboxylic acids is 1. The van der Waals surface area contributed by atoms with Gasteiger partial charge in [-0.3, -0.25) is 4.79 Å². The predicted molar refractivity (Wildman–Crippen MR) is 68.6 cm³/mol. The van der Waals surface area contributed by atoms with E-state index < -0.39 is 0 Å². The van der Waals surface area contributed by atoms with E-state index in [4.69, 9.17) is 4.74 Å². The van der Waals surface area contributed by atoms with Crippen molar-refractivity contribution in [1.29, 1.82) is 0 Å². The Bertz CT molecular complexity index is 311. The van der Waals surface area contributed by atoms with Crippen LogP contribution in [-0.4, -0.2) is 18.3 Å². The maximum Gasteiger partial charge on any atom is 0.307 e. The maximum atomic E-state index is 11.5. The van der Waals surface area contributed by atoms with Gasteiger partial charge in [-0.1, -0.05) is 37.3 Å². The molecule has 1 aromatic carbocycles. The molecule has 16 heavy (non-hydrogen) atoms. The van der Waals surface area contributed by atoms with Gasteiger partial charge in [-0.2, -0.15) is 11.8 Å². The highest BCUT2D eigenvalue weighted by molar-refractivity contribution is 7.99.